The molecule has 1 unspecified atom stereocenters. The quantitative estimate of drug-likeness (QED) is 0.679. The molecule has 0 amide bonds. The topological polar surface area (TPSA) is 38.5 Å². The fourth-order valence-corrected chi connectivity index (χ4v) is 2.93. The third-order valence-corrected chi connectivity index (χ3v) is 4.06. The Balaban J connectivity index is 2.34. The Labute approximate surface area is 113 Å². The fraction of sp³-hybridized carbons (Fsp3) is 1.00. The summed E-state index contributed by atoms with van der Waals surface area (Å²) >= 11 is 0. The lowest BCUT2D eigenvalue weighted by Crippen LogP contribution is -2.58. The molecule has 18 heavy (non-hydrogen) atoms. The van der Waals surface area contributed by atoms with Crippen LogP contribution in [0.5, 0.6) is 0 Å². The summed E-state index contributed by atoms with van der Waals surface area (Å²) < 4.78 is 5.58. The lowest BCUT2D eigenvalue weighted by molar-refractivity contribution is -0.0719. The molecule has 0 aliphatic carbocycles. The van der Waals surface area contributed by atoms with Gasteiger partial charge in [0.1, 0.15) is 0 Å². The van der Waals surface area contributed by atoms with Crippen molar-refractivity contribution in [2.24, 2.45) is 5.73 Å². The first kappa shape index (κ1) is 15.9. The predicted molar refractivity (Wildman–Crippen MR) is 77.8 cm³/mol. The summed E-state index contributed by atoms with van der Waals surface area (Å²) in [7, 11) is 0. The molecule has 0 aromatic heterocycles. The van der Waals surface area contributed by atoms with Crippen LogP contribution in [0, 0.1) is 0 Å². The standard InChI is InChI=1S/C15H32N2O/c1-4-5-6-7-8-9-14(12-16)17-10-11-18-13-15(17,2)3/h14H,4-13,16H2,1-3H3. The normalized spacial score (nSPS) is 22.0. The maximum absolute atomic E-state index is 5.98. The smallest absolute Gasteiger partial charge is 0.0645 e. The summed E-state index contributed by atoms with van der Waals surface area (Å²) in [6, 6.07) is 0.533. The van der Waals surface area contributed by atoms with Crippen molar-refractivity contribution in [2.75, 3.05) is 26.3 Å². The van der Waals surface area contributed by atoms with Crippen LogP contribution < -0.4 is 5.73 Å². The first-order valence-electron chi connectivity index (χ1n) is 7.66. The van der Waals surface area contributed by atoms with Gasteiger partial charge in [0, 0.05) is 24.7 Å². The third-order valence-electron chi connectivity index (χ3n) is 4.06. The van der Waals surface area contributed by atoms with Crippen molar-refractivity contribution in [2.45, 2.75) is 70.9 Å². The van der Waals surface area contributed by atoms with E-state index in [1.165, 1.54) is 38.5 Å². The molecule has 108 valence electrons. The van der Waals surface area contributed by atoms with Gasteiger partial charge in [-0.25, -0.2) is 0 Å². The number of unbranched alkanes of at least 4 members (excludes halogenated alkanes) is 4. The molecule has 0 bridgehead atoms. The zero-order chi connectivity index (χ0) is 13.4. The summed E-state index contributed by atoms with van der Waals surface area (Å²) in [6.07, 6.45) is 7.97. The minimum Gasteiger partial charge on any atom is -0.378 e. The molecule has 1 fully saturated rings. The van der Waals surface area contributed by atoms with Crippen molar-refractivity contribution < 1.29 is 4.74 Å². The number of ether oxygens (including phenoxy) is 1. The van der Waals surface area contributed by atoms with Crippen LogP contribution in [0.25, 0.3) is 0 Å². The summed E-state index contributed by atoms with van der Waals surface area (Å²) in [4.78, 5) is 2.57. The van der Waals surface area contributed by atoms with Crippen LogP contribution in [0.3, 0.4) is 0 Å². The van der Waals surface area contributed by atoms with Crippen LogP contribution in [0.4, 0.5) is 0 Å². The molecule has 1 atom stereocenters. The van der Waals surface area contributed by atoms with E-state index in [1.807, 2.05) is 0 Å². The van der Waals surface area contributed by atoms with E-state index < -0.39 is 0 Å². The van der Waals surface area contributed by atoms with Gasteiger partial charge in [-0.3, -0.25) is 4.90 Å². The van der Waals surface area contributed by atoms with E-state index in [4.69, 9.17) is 10.5 Å². The molecule has 3 nitrogen and oxygen atoms in total. The van der Waals surface area contributed by atoms with Crippen LogP contribution >= 0.6 is 0 Å². The highest BCUT2D eigenvalue weighted by Gasteiger charge is 2.34. The van der Waals surface area contributed by atoms with Gasteiger partial charge < -0.3 is 10.5 Å². The first-order valence-corrected chi connectivity index (χ1v) is 7.66. The van der Waals surface area contributed by atoms with E-state index in [0.29, 0.717) is 6.04 Å². The van der Waals surface area contributed by atoms with Crippen molar-refractivity contribution in [3.8, 4) is 0 Å². The van der Waals surface area contributed by atoms with Crippen molar-refractivity contribution in [1.82, 2.24) is 4.90 Å². The van der Waals surface area contributed by atoms with E-state index in [0.717, 1.165) is 26.3 Å². The first-order chi connectivity index (χ1) is 8.61. The van der Waals surface area contributed by atoms with Crippen LogP contribution in [0.15, 0.2) is 0 Å². The Kier molecular flexibility index (Phi) is 7.20. The Morgan fingerprint density at radius 3 is 2.56 bits per heavy atom. The summed E-state index contributed by atoms with van der Waals surface area (Å²) in [5.41, 5.74) is 6.13. The lowest BCUT2D eigenvalue weighted by Gasteiger charge is -2.46. The van der Waals surface area contributed by atoms with Crippen molar-refractivity contribution in [3.05, 3.63) is 0 Å². The van der Waals surface area contributed by atoms with E-state index in [-0.39, 0.29) is 5.54 Å². The number of rotatable bonds is 8. The lowest BCUT2D eigenvalue weighted by atomic mass is 9.96. The average molecular weight is 256 g/mol. The second-order valence-corrected chi connectivity index (χ2v) is 6.15. The van der Waals surface area contributed by atoms with Gasteiger partial charge in [-0.05, 0) is 20.3 Å². The average Bonchev–Trinajstić information content (AvgIpc) is 2.34. The van der Waals surface area contributed by atoms with Crippen molar-refractivity contribution in [3.63, 3.8) is 0 Å². The molecule has 0 spiro atoms. The highest BCUT2D eigenvalue weighted by molar-refractivity contribution is 4.89. The Hall–Kier alpha value is -0.120. The van der Waals surface area contributed by atoms with Gasteiger partial charge >= 0.3 is 0 Å². The summed E-state index contributed by atoms with van der Waals surface area (Å²) in [5, 5.41) is 0. The Bertz CT molecular complexity index is 219. The van der Waals surface area contributed by atoms with Gasteiger partial charge in [-0.15, -0.1) is 0 Å². The predicted octanol–water partition coefficient (Wildman–Crippen LogP) is 2.79. The number of hydrogen-bond acceptors (Lipinski definition) is 3. The molecular formula is C15H32N2O. The van der Waals surface area contributed by atoms with E-state index in [2.05, 4.69) is 25.7 Å². The summed E-state index contributed by atoms with van der Waals surface area (Å²) in [6.45, 7) is 10.3. The largest absolute Gasteiger partial charge is 0.378 e. The zero-order valence-corrected chi connectivity index (χ0v) is 12.6. The Morgan fingerprint density at radius 1 is 1.22 bits per heavy atom. The third kappa shape index (κ3) is 4.87. The molecule has 1 aliphatic heterocycles. The summed E-state index contributed by atoms with van der Waals surface area (Å²) in [5.74, 6) is 0. The molecule has 0 aromatic rings. The van der Waals surface area contributed by atoms with Crippen LogP contribution in [0.2, 0.25) is 0 Å². The van der Waals surface area contributed by atoms with Gasteiger partial charge in [0.25, 0.3) is 0 Å². The van der Waals surface area contributed by atoms with Gasteiger partial charge in [0.05, 0.1) is 13.2 Å². The van der Waals surface area contributed by atoms with E-state index in [1.54, 1.807) is 0 Å². The maximum atomic E-state index is 5.98. The molecule has 0 radical (unpaired) electrons. The molecule has 1 rings (SSSR count). The molecule has 3 heteroatoms. The van der Waals surface area contributed by atoms with E-state index >= 15 is 0 Å². The van der Waals surface area contributed by atoms with Crippen molar-refractivity contribution >= 4 is 0 Å². The molecule has 1 saturated heterocycles. The van der Waals surface area contributed by atoms with Crippen LogP contribution in [0.1, 0.15) is 59.3 Å². The van der Waals surface area contributed by atoms with Gasteiger partial charge in [-0.2, -0.15) is 0 Å². The minimum atomic E-state index is 0.145. The fourth-order valence-electron chi connectivity index (χ4n) is 2.93. The van der Waals surface area contributed by atoms with Gasteiger partial charge in [0.2, 0.25) is 0 Å². The van der Waals surface area contributed by atoms with Gasteiger partial charge in [-0.1, -0.05) is 39.0 Å². The zero-order valence-electron chi connectivity index (χ0n) is 12.6. The highest BCUT2D eigenvalue weighted by Crippen LogP contribution is 2.24. The van der Waals surface area contributed by atoms with E-state index in [9.17, 15) is 0 Å². The second kappa shape index (κ2) is 8.13. The molecule has 1 heterocycles. The monoisotopic (exact) mass is 256 g/mol. The van der Waals surface area contributed by atoms with Gasteiger partial charge in [0.15, 0.2) is 0 Å². The van der Waals surface area contributed by atoms with Crippen LogP contribution in [-0.4, -0.2) is 42.8 Å². The SMILES string of the molecule is CCCCCCCC(CN)N1CCOCC1(C)C. The molecule has 0 aromatic carbocycles. The van der Waals surface area contributed by atoms with Crippen molar-refractivity contribution in [1.29, 1.82) is 0 Å². The minimum absolute atomic E-state index is 0.145. The molecule has 1 aliphatic rings. The maximum Gasteiger partial charge on any atom is 0.0645 e. The molecule has 0 saturated carbocycles. The Morgan fingerprint density at radius 2 is 1.94 bits per heavy atom. The van der Waals surface area contributed by atoms with Crippen LogP contribution in [-0.2, 0) is 4.74 Å². The molecule has 2 N–H and O–H groups in total. The number of hydrogen-bond donors (Lipinski definition) is 1. The highest BCUT2D eigenvalue weighted by atomic mass is 16.5. The number of morpholine rings is 1. The number of nitrogens with two attached hydrogens (primary N) is 1. The second-order valence-electron chi connectivity index (χ2n) is 6.15. The number of nitrogens with zero attached hydrogens (tertiary/aromatic N) is 1. The molecular weight excluding hydrogens is 224 g/mol.